The first-order valence-electron chi connectivity index (χ1n) is 30.8. The number of nitrogens with zero attached hydrogens (tertiary/aromatic N) is 6. The van der Waals surface area contributed by atoms with Crippen molar-refractivity contribution in [3.05, 3.63) is 95.8 Å². The van der Waals surface area contributed by atoms with Gasteiger partial charge in [-0.2, -0.15) is 10.5 Å². The average Bonchev–Trinajstić information content (AvgIpc) is 0.900. The summed E-state index contributed by atoms with van der Waals surface area (Å²) in [6.45, 7) is 22.1. The Balaban J connectivity index is 0.000000201. The zero-order chi connectivity index (χ0) is 65.4. The molecule has 3 aromatic rings. The number of ketones is 2. The van der Waals surface area contributed by atoms with Gasteiger partial charge in [0.05, 0.1) is 36.3 Å². The van der Waals surface area contributed by atoms with Gasteiger partial charge in [-0.05, 0) is 142 Å². The van der Waals surface area contributed by atoms with Gasteiger partial charge in [0.2, 0.25) is 30.2 Å². The third-order valence-corrected chi connectivity index (χ3v) is 19.7. The van der Waals surface area contributed by atoms with E-state index in [4.69, 9.17) is 33.2 Å². The van der Waals surface area contributed by atoms with E-state index in [0.29, 0.717) is 53.0 Å². The number of alkyl carbamates (subject to hydrolysis) is 1. The van der Waals surface area contributed by atoms with E-state index < -0.39 is 59.4 Å². The number of methoxy groups -OCH3 is 2. The maximum absolute atomic E-state index is 13.5. The summed E-state index contributed by atoms with van der Waals surface area (Å²) in [5, 5.41) is 53.0. The number of Topliss-reactive ketones (excluding diaryl/α,β-unsaturated/α-hetero) is 2. The summed E-state index contributed by atoms with van der Waals surface area (Å²) in [7, 11) is 7.22. The molecule has 23 nitrogen and oxygen atoms in total. The number of phenols is 1. The summed E-state index contributed by atoms with van der Waals surface area (Å²) in [6.07, 6.45) is 1.17. The number of nitrogens with one attached hydrogen (secondary N) is 3. The van der Waals surface area contributed by atoms with Crippen LogP contribution in [-0.4, -0.2) is 175 Å². The van der Waals surface area contributed by atoms with Gasteiger partial charge in [-0.15, -0.1) is 0 Å². The molecule has 3 amide bonds. The monoisotopic (exact) mass is 1240 g/mol. The number of amides is 3. The van der Waals surface area contributed by atoms with Crippen LogP contribution in [0.25, 0.3) is 0 Å². The van der Waals surface area contributed by atoms with Gasteiger partial charge >= 0.3 is 6.09 Å². The number of nitriles is 2. The summed E-state index contributed by atoms with van der Waals surface area (Å²) >= 11 is 0. The first-order chi connectivity index (χ1) is 42.6. The van der Waals surface area contributed by atoms with E-state index in [2.05, 4.69) is 68.9 Å². The fourth-order valence-corrected chi connectivity index (χ4v) is 15.2. The smallest absolute Gasteiger partial charge is 0.408 e. The normalized spacial score (nSPS) is 26.0. The molecule has 0 radical (unpaired) electrons. The summed E-state index contributed by atoms with van der Waals surface area (Å²) in [5.74, 6) is 0.0518. The molecule has 482 valence electrons. The number of allylic oxidation sites excluding steroid dienone is 2. The Bertz CT molecular complexity index is 3610. The number of aliphatic hydroxyl groups is 1. The van der Waals surface area contributed by atoms with E-state index in [-0.39, 0.29) is 111 Å². The molecule has 2 unspecified atom stereocenters. The number of likely N-dealkylation sites (N-methyl/N-ethyl adjacent to an activating group) is 2. The van der Waals surface area contributed by atoms with Crippen LogP contribution < -0.4 is 34.9 Å². The van der Waals surface area contributed by atoms with Gasteiger partial charge in [-0.1, -0.05) is 26.0 Å². The number of ether oxygens (including phenoxy) is 7. The van der Waals surface area contributed by atoms with Gasteiger partial charge in [-0.25, -0.2) is 4.79 Å². The van der Waals surface area contributed by atoms with Gasteiger partial charge in [0.15, 0.2) is 25.1 Å². The molecule has 5 N–H and O–H groups in total. The van der Waals surface area contributed by atoms with Gasteiger partial charge in [0, 0.05) is 102 Å². The molecule has 4 bridgehead atoms. The molecule has 1 aliphatic carbocycles. The third kappa shape index (κ3) is 11.1. The van der Waals surface area contributed by atoms with Crippen LogP contribution in [0.1, 0.15) is 134 Å². The summed E-state index contributed by atoms with van der Waals surface area (Å²) < 4.78 is 40.3. The van der Waals surface area contributed by atoms with Gasteiger partial charge in [0.25, 0.3) is 0 Å². The topological polar surface area (TPSA) is 287 Å². The molecule has 23 heteroatoms. The molecule has 11 rings (SSSR count). The van der Waals surface area contributed by atoms with Crippen molar-refractivity contribution >= 4 is 29.5 Å². The predicted octanol–water partition coefficient (Wildman–Crippen LogP) is 6.41. The van der Waals surface area contributed by atoms with Crippen molar-refractivity contribution < 1.29 is 67.3 Å². The van der Waals surface area contributed by atoms with E-state index in [1.165, 1.54) is 6.92 Å². The number of aromatic hydroxyl groups is 1. The second-order valence-electron chi connectivity index (χ2n) is 26.4. The summed E-state index contributed by atoms with van der Waals surface area (Å²) in [6, 6.07) is 4.54. The molecule has 7 heterocycles. The van der Waals surface area contributed by atoms with Crippen molar-refractivity contribution in [1.29, 1.82) is 10.5 Å². The Kier molecular flexibility index (Phi) is 18.2. The number of carbonyl (C=O) groups is 5. The zero-order valence-electron chi connectivity index (χ0n) is 54.4. The maximum Gasteiger partial charge on any atom is 0.408 e. The van der Waals surface area contributed by atoms with Gasteiger partial charge < -0.3 is 59.3 Å². The van der Waals surface area contributed by atoms with Crippen LogP contribution in [0, 0.1) is 63.2 Å². The van der Waals surface area contributed by atoms with Crippen molar-refractivity contribution in [2.24, 2.45) is 5.92 Å². The zero-order valence-corrected chi connectivity index (χ0v) is 54.4. The lowest BCUT2D eigenvalue weighted by Crippen LogP contribution is -2.71. The number of carbonyl (C=O) groups excluding carboxylic acids is 5. The van der Waals surface area contributed by atoms with Crippen LogP contribution in [0.5, 0.6) is 28.7 Å². The highest BCUT2D eigenvalue weighted by Crippen LogP contribution is 2.59. The van der Waals surface area contributed by atoms with Crippen LogP contribution in [0.15, 0.2) is 34.6 Å². The number of fused-ring (bicyclic) bond motifs is 15. The minimum absolute atomic E-state index is 0.00666. The Morgan fingerprint density at radius 3 is 1.70 bits per heavy atom. The molecule has 11 atom stereocenters. The van der Waals surface area contributed by atoms with Crippen LogP contribution in [0.4, 0.5) is 4.79 Å². The largest absolute Gasteiger partial charge is 0.507 e. The van der Waals surface area contributed by atoms with Crippen molar-refractivity contribution in [3.63, 3.8) is 0 Å². The molecule has 3 aromatic carbocycles. The van der Waals surface area contributed by atoms with Crippen molar-refractivity contribution in [2.75, 3.05) is 61.8 Å². The molecule has 2 saturated heterocycles. The first-order valence-corrected chi connectivity index (χ1v) is 30.8. The Hall–Kier alpha value is -7.77. The minimum atomic E-state index is -0.900. The van der Waals surface area contributed by atoms with E-state index in [9.17, 15) is 44.7 Å². The number of piperazine rings is 2. The molecular weight excluding hydrogens is 1150 g/mol. The first kappa shape index (κ1) is 65.2. The van der Waals surface area contributed by atoms with Crippen LogP contribution in [0.2, 0.25) is 0 Å². The van der Waals surface area contributed by atoms with Crippen LogP contribution in [0.3, 0.4) is 0 Å². The second-order valence-corrected chi connectivity index (χ2v) is 26.4. The lowest BCUT2D eigenvalue weighted by molar-refractivity contribution is -0.134. The van der Waals surface area contributed by atoms with E-state index in [0.717, 1.165) is 56.0 Å². The highest BCUT2D eigenvalue weighted by Gasteiger charge is 2.59. The molecule has 7 aliphatic heterocycles. The quantitative estimate of drug-likeness (QED) is 0.0701. The van der Waals surface area contributed by atoms with Crippen LogP contribution >= 0.6 is 0 Å². The minimum Gasteiger partial charge on any atom is -0.507 e. The standard InChI is InChI=1S/C36H47N5O8.C31H38N4O6/c1-17-10-21-11-23-25(13-37)41-24(29(40(23)8)27(21)31(18(17)2)46-15-45-9)12-22-28(33-32(47-16-48-33)19(3)30(22)42)26(41)14-38-34(43)20(4)39-35(44)49-36(5,6)7;1-14(2)31(39)33-12-23-25-19(27(36)17(5)28(37)29(25)38)10-21-26-24-18(8-15(3)16(4)30(24)41-13-40-7)9-20(34(26)6)22(11-32)35(21)23/h10,20,23-26,29,42H,11-12,14-16H2,1-9H3,(H,38,43)(H,39,44);8,14,20-23,26,36H,9-10,12-13H2,1-7H3,(H,33,39)/t20-,23-,24?,25-,26-,29-;20-,21?,22-,23-,26-/m00/s1. The Labute approximate surface area is 526 Å². The summed E-state index contributed by atoms with van der Waals surface area (Å²) in [5.41, 5.74) is 10.3. The number of aryl methyl sites for hydroxylation is 2. The van der Waals surface area contributed by atoms with Crippen molar-refractivity contribution in [1.82, 2.24) is 35.6 Å². The fraction of sp³-hybridized carbons (Fsp3) is 0.567. The molecule has 2 fully saturated rings. The average molecular weight is 1240 g/mol. The maximum atomic E-state index is 13.5. The molecule has 0 spiro atoms. The molecular formula is C67H85N9O14. The van der Waals surface area contributed by atoms with Crippen molar-refractivity contribution in [2.45, 2.75) is 181 Å². The van der Waals surface area contributed by atoms with Crippen LogP contribution in [-0.2, 0) is 52.7 Å². The van der Waals surface area contributed by atoms with Gasteiger partial charge in [0.1, 0.15) is 46.7 Å². The number of rotatable bonds is 13. The van der Waals surface area contributed by atoms with E-state index in [1.54, 1.807) is 62.7 Å². The van der Waals surface area contributed by atoms with E-state index >= 15 is 0 Å². The highest BCUT2D eigenvalue weighted by molar-refractivity contribution is 6.50. The van der Waals surface area contributed by atoms with Gasteiger partial charge in [-0.3, -0.25) is 38.8 Å². The van der Waals surface area contributed by atoms with Crippen molar-refractivity contribution in [3.8, 4) is 40.9 Å². The highest BCUT2D eigenvalue weighted by atomic mass is 16.7. The number of hydrogen-bond acceptors (Lipinski definition) is 20. The number of hydrogen-bond donors (Lipinski definition) is 5. The molecule has 0 saturated carbocycles. The Morgan fingerprint density at radius 1 is 0.689 bits per heavy atom. The third-order valence-electron chi connectivity index (χ3n) is 19.7. The van der Waals surface area contributed by atoms with E-state index in [1.807, 2.05) is 32.7 Å². The fourth-order valence-electron chi connectivity index (χ4n) is 15.2. The molecule has 0 aromatic heterocycles. The number of phenolic OH excluding ortho intramolecular Hbond substituents is 1. The molecule has 90 heavy (non-hydrogen) atoms. The summed E-state index contributed by atoms with van der Waals surface area (Å²) in [4.78, 5) is 73.8. The lowest BCUT2D eigenvalue weighted by atomic mass is 9.69. The predicted molar refractivity (Wildman–Crippen MR) is 329 cm³/mol. The number of benzene rings is 3. The second kappa shape index (κ2) is 25.1. The Morgan fingerprint density at radius 2 is 1.19 bits per heavy atom. The lowest BCUT2D eigenvalue weighted by Gasteiger charge is -2.60. The SMILES string of the molecule is COCOc1c(C)c(C)cc2c1[C@@H]1C3CC4=C(C(=O)C(=O)C(C)=C4O)[C@H](CNC(=O)C(C)C)N3[C@@H](C#N)[C@H](C2)N1C.COCOc1c(C)c(C)cc2c1[C@@H]1C3Cc4c(O)c(C)c5c(c4[C@H](CNC(=O)[C@H](C)NC(=O)OC(C)(C)C)N3[C@@H](C#N)[C@H](C2)N1C)OCO5. The molecule has 8 aliphatic rings. The number of aliphatic hydroxyl groups excluding tert-OH is 1.